The quantitative estimate of drug-likeness (QED) is 0.827. The topological polar surface area (TPSA) is 26.0 Å². The molecule has 0 aliphatic rings. The van der Waals surface area contributed by atoms with Crippen molar-refractivity contribution in [3.05, 3.63) is 48.0 Å². The van der Waals surface area contributed by atoms with Crippen LogP contribution in [0.5, 0.6) is 0 Å². The van der Waals surface area contributed by atoms with Crippen LogP contribution in [-0.2, 0) is 0 Å². The summed E-state index contributed by atoms with van der Waals surface area (Å²) in [5.74, 6) is 0.413. The molecule has 0 heterocycles. The lowest BCUT2D eigenvalue weighted by atomic mass is 9.89. The first-order chi connectivity index (χ1) is 7.74. The predicted octanol–water partition coefficient (Wildman–Crippen LogP) is 3.68. The maximum Gasteiger partial charge on any atom is 0.0103 e. The van der Waals surface area contributed by atoms with Gasteiger partial charge in [-0.15, -0.1) is 0 Å². The molecule has 2 aromatic carbocycles. The molecule has 2 aromatic rings. The standard InChI is InChI=1S/C15H19N/c1-3-15(16)11(2)13-10-6-8-12-7-4-5-9-14(12)13/h4-11,15H,3,16H2,1-2H3. The summed E-state index contributed by atoms with van der Waals surface area (Å²) in [5, 5.41) is 2.64. The van der Waals surface area contributed by atoms with Crippen molar-refractivity contribution < 1.29 is 0 Å². The molecule has 0 aliphatic carbocycles. The third kappa shape index (κ3) is 1.96. The molecule has 2 unspecified atom stereocenters. The fourth-order valence-corrected chi connectivity index (χ4v) is 2.23. The number of hydrogen-bond acceptors (Lipinski definition) is 1. The lowest BCUT2D eigenvalue weighted by Gasteiger charge is -2.20. The van der Waals surface area contributed by atoms with Crippen LogP contribution in [0, 0.1) is 0 Å². The summed E-state index contributed by atoms with van der Waals surface area (Å²) in [7, 11) is 0. The molecule has 0 aromatic heterocycles. The Bertz CT molecular complexity index is 470. The average Bonchev–Trinajstić information content (AvgIpc) is 2.36. The van der Waals surface area contributed by atoms with Gasteiger partial charge in [0.05, 0.1) is 0 Å². The van der Waals surface area contributed by atoms with E-state index >= 15 is 0 Å². The van der Waals surface area contributed by atoms with E-state index in [9.17, 15) is 0 Å². The number of rotatable bonds is 3. The van der Waals surface area contributed by atoms with Crippen molar-refractivity contribution in [2.75, 3.05) is 0 Å². The van der Waals surface area contributed by atoms with Gasteiger partial charge in [0, 0.05) is 6.04 Å². The van der Waals surface area contributed by atoms with Crippen LogP contribution in [0.4, 0.5) is 0 Å². The largest absolute Gasteiger partial charge is 0.327 e. The van der Waals surface area contributed by atoms with Crippen LogP contribution < -0.4 is 5.73 Å². The summed E-state index contributed by atoms with van der Waals surface area (Å²) in [4.78, 5) is 0. The van der Waals surface area contributed by atoms with Gasteiger partial charge >= 0.3 is 0 Å². The molecule has 0 amide bonds. The summed E-state index contributed by atoms with van der Waals surface area (Å²) in [6.07, 6.45) is 1.02. The first-order valence-corrected chi connectivity index (χ1v) is 5.97. The minimum absolute atomic E-state index is 0.241. The van der Waals surface area contributed by atoms with Gasteiger partial charge < -0.3 is 5.73 Å². The Kier molecular flexibility index (Phi) is 3.25. The van der Waals surface area contributed by atoms with E-state index in [1.165, 1.54) is 16.3 Å². The van der Waals surface area contributed by atoms with E-state index in [0.717, 1.165) is 6.42 Å². The Morgan fingerprint density at radius 1 is 1.06 bits per heavy atom. The second-order valence-electron chi connectivity index (χ2n) is 4.43. The van der Waals surface area contributed by atoms with Crippen LogP contribution >= 0.6 is 0 Å². The smallest absolute Gasteiger partial charge is 0.0103 e. The van der Waals surface area contributed by atoms with Crippen LogP contribution in [-0.4, -0.2) is 6.04 Å². The highest BCUT2D eigenvalue weighted by Gasteiger charge is 2.14. The molecule has 2 atom stereocenters. The predicted molar refractivity (Wildman–Crippen MR) is 70.6 cm³/mol. The van der Waals surface area contributed by atoms with E-state index in [1.807, 2.05) is 0 Å². The molecule has 2 N–H and O–H groups in total. The number of fused-ring (bicyclic) bond motifs is 1. The van der Waals surface area contributed by atoms with E-state index in [0.29, 0.717) is 5.92 Å². The molecule has 0 spiro atoms. The zero-order chi connectivity index (χ0) is 11.5. The number of benzene rings is 2. The Morgan fingerprint density at radius 3 is 2.50 bits per heavy atom. The van der Waals surface area contributed by atoms with Crippen molar-refractivity contribution in [3.8, 4) is 0 Å². The molecule has 1 nitrogen and oxygen atoms in total. The number of hydrogen-bond donors (Lipinski definition) is 1. The van der Waals surface area contributed by atoms with Gasteiger partial charge in [-0.1, -0.05) is 56.3 Å². The van der Waals surface area contributed by atoms with Crippen LogP contribution in [0.25, 0.3) is 10.8 Å². The van der Waals surface area contributed by atoms with Crippen LogP contribution in [0.15, 0.2) is 42.5 Å². The van der Waals surface area contributed by atoms with Crippen molar-refractivity contribution in [1.29, 1.82) is 0 Å². The molecule has 84 valence electrons. The minimum atomic E-state index is 0.241. The molecule has 0 radical (unpaired) electrons. The summed E-state index contributed by atoms with van der Waals surface area (Å²) in [6.45, 7) is 4.36. The van der Waals surface area contributed by atoms with Crippen LogP contribution in [0.1, 0.15) is 31.7 Å². The molecular weight excluding hydrogens is 194 g/mol. The lowest BCUT2D eigenvalue weighted by Crippen LogP contribution is -2.25. The zero-order valence-electron chi connectivity index (χ0n) is 9.98. The molecule has 0 aliphatic heterocycles. The van der Waals surface area contributed by atoms with Gasteiger partial charge in [0.15, 0.2) is 0 Å². The zero-order valence-corrected chi connectivity index (χ0v) is 9.98. The molecule has 0 saturated carbocycles. The molecule has 1 heteroatoms. The van der Waals surface area contributed by atoms with Gasteiger partial charge in [0.2, 0.25) is 0 Å². The van der Waals surface area contributed by atoms with E-state index < -0.39 is 0 Å². The maximum absolute atomic E-state index is 6.14. The second kappa shape index (κ2) is 4.67. The summed E-state index contributed by atoms with van der Waals surface area (Å²) in [6, 6.07) is 15.2. The Balaban J connectivity index is 2.52. The monoisotopic (exact) mass is 213 g/mol. The van der Waals surface area contributed by atoms with Crippen molar-refractivity contribution in [3.63, 3.8) is 0 Å². The van der Waals surface area contributed by atoms with Crippen LogP contribution in [0.2, 0.25) is 0 Å². The van der Waals surface area contributed by atoms with E-state index in [2.05, 4.69) is 56.3 Å². The Morgan fingerprint density at radius 2 is 1.75 bits per heavy atom. The molecule has 0 saturated heterocycles. The van der Waals surface area contributed by atoms with E-state index in [1.54, 1.807) is 0 Å². The van der Waals surface area contributed by atoms with Crippen molar-refractivity contribution in [2.24, 2.45) is 5.73 Å². The van der Waals surface area contributed by atoms with Crippen molar-refractivity contribution in [1.82, 2.24) is 0 Å². The first-order valence-electron chi connectivity index (χ1n) is 5.97. The first kappa shape index (κ1) is 11.2. The highest BCUT2D eigenvalue weighted by atomic mass is 14.6. The molecule has 0 fully saturated rings. The molecule has 2 rings (SSSR count). The van der Waals surface area contributed by atoms with Gasteiger partial charge in [-0.05, 0) is 28.7 Å². The van der Waals surface area contributed by atoms with Crippen molar-refractivity contribution in [2.45, 2.75) is 32.2 Å². The van der Waals surface area contributed by atoms with Gasteiger partial charge in [-0.2, -0.15) is 0 Å². The van der Waals surface area contributed by atoms with Gasteiger partial charge in [0.25, 0.3) is 0 Å². The van der Waals surface area contributed by atoms with Gasteiger partial charge in [-0.25, -0.2) is 0 Å². The third-order valence-corrected chi connectivity index (χ3v) is 3.43. The summed E-state index contributed by atoms with van der Waals surface area (Å²) >= 11 is 0. The molecular formula is C15H19N. The average molecular weight is 213 g/mol. The van der Waals surface area contributed by atoms with E-state index in [-0.39, 0.29) is 6.04 Å². The second-order valence-corrected chi connectivity index (χ2v) is 4.43. The Labute approximate surface area is 97.3 Å². The van der Waals surface area contributed by atoms with Gasteiger partial charge in [0.1, 0.15) is 0 Å². The fraction of sp³-hybridized carbons (Fsp3) is 0.333. The SMILES string of the molecule is CCC(N)C(C)c1cccc2ccccc12. The maximum atomic E-state index is 6.14. The Hall–Kier alpha value is -1.34. The summed E-state index contributed by atoms with van der Waals surface area (Å²) in [5.41, 5.74) is 7.51. The van der Waals surface area contributed by atoms with E-state index in [4.69, 9.17) is 5.73 Å². The lowest BCUT2D eigenvalue weighted by molar-refractivity contribution is 0.554. The number of nitrogens with two attached hydrogens (primary N) is 1. The third-order valence-electron chi connectivity index (χ3n) is 3.43. The molecule has 0 bridgehead atoms. The minimum Gasteiger partial charge on any atom is -0.327 e. The normalized spacial score (nSPS) is 14.9. The van der Waals surface area contributed by atoms with Gasteiger partial charge in [-0.3, -0.25) is 0 Å². The van der Waals surface area contributed by atoms with Crippen LogP contribution in [0.3, 0.4) is 0 Å². The highest BCUT2D eigenvalue weighted by Crippen LogP contribution is 2.27. The highest BCUT2D eigenvalue weighted by molar-refractivity contribution is 5.86. The molecule has 16 heavy (non-hydrogen) atoms. The summed E-state index contributed by atoms with van der Waals surface area (Å²) < 4.78 is 0. The van der Waals surface area contributed by atoms with Crippen molar-refractivity contribution >= 4 is 10.8 Å². The fourth-order valence-electron chi connectivity index (χ4n) is 2.23.